The summed E-state index contributed by atoms with van der Waals surface area (Å²) in [6.07, 6.45) is 9.15. The summed E-state index contributed by atoms with van der Waals surface area (Å²) in [4.78, 5) is 27.3. The fraction of sp³-hybridized carbons (Fsp3) is 0.500. The van der Waals surface area contributed by atoms with Crippen molar-refractivity contribution in [2.75, 3.05) is 0 Å². The van der Waals surface area contributed by atoms with E-state index in [1.54, 1.807) is 50.4 Å². The van der Waals surface area contributed by atoms with Crippen LogP contribution in [0.25, 0.3) is 12.2 Å². The first kappa shape index (κ1) is 24.4. The van der Waals surface area contributed by atoms with Crippen molar-refractivity contribution in [2.45, 2.75) is 66.2 Å². The van der Waals surface area contributed by atoms with E-state index in [2.05, 4.69) is 36.4 Å². The zero-order valence-electron chi connectivity index (χ0n) is 18.2. The summed E-state index contributed by atoms with van der Waals surface area (Å²) in [5.74, 6) is -1.48. The Morgan fingerprint density at radius 1 is 0.767 bits per heavy atom. The molecule has 4 nitrogen and oxygen atoms in total. The van der Waals surface area contributed by atoms with Crippen molar-refractivity contribution >= 4 is 46.8 Å². The Morgan fingerprint density at radius 3 is 1.47 bits per heavy atom. The average molecular weight is 449 g/mol. The summed E-state index contributed by atoms with van der Waals surface area (Å²) >= 11 is 3.50. The second-order valence-electron chi connectivity index (χ2n) is 9.03. The number of carbonyl (C=O) groups is 2. The molecule has 0 saturated carbocycles. The van der Waals surface area contributed by atoms with E-state index in [0.717, 1.165) is 25.7 Å². The Labute approximate surface area is 187 Å². The van der Waals surface area contributed by atoms with Gasteiger partial charge < -0.3 is 10.2 Å². The van der Waals surface area contributed by atoms with Gasteiger partial charge in [0.15, 0.2) is 0 Å². The van der Waals surface area contributed by atoms with Crippen LogP contribution in [0.4, 0.5) is 0 Å². The van der Waals surface area contributed by atoms with Crippen LogP contribution in [0.3, 0.4) is 0 Å². The highest BCUT2D eigenvalue weighted by atomic mass is 32.1. The smallest absolute Gasteiger partial charge is 0.309 e. The van der Waals surface area contributed by atoms with Gasteiger partial charge in [-0.2, -0.15) is 0 Å². The SMILES string of the molecule is CC(C)(CCCc1ccc(/C=C\c2ccc(CCCC(C)(C)C(=O)O)s2)s1)C(=O)O. The van der Waals surface area contributed by atoms with Crippen LogP contribution in [0.15, 0.2) is 24.3 Å². The summed E-state index contributed by atoms with van der Waals surface area (Å²) in [6, 6.07) is 8.48. The quantitative estimate of drug-likeness (QED) is 0.372. The summed E-state index contributed by atoms with van der Waals surface area (Å²) < 4.78 is 0. The average Bonchev–Trinajstić information content (AvgIpc) is 3.29. The van der Waals surface area contributed by atoms with E-state index in [1.807, 2.05) is 0 Å². The highest BCUT2D eigenvalue weighted by Gasteiger charge is 2.26. The summed E-state index contributed by atoms with van der Waals surface area (Å²) in [5.41, 5.74) is -1.33. The number of thiophene rings is 2. The molecule has 2 heterocycles. The molecule has 30 heavy (non-hydrogen) atoms. The van der Waals surface area contributed by atoms with Crippen molar-refractivity contribution in [3.8, 4) is 0 Å². The van der Waals surface area contributed by atoms with E-state index in [0.29, 0.717) is 12.8 Å². The third-order valence-electron chi connectivity index (χ3n) is 5.38. The molecule has 0 aromatic carbocycles. The van der Waals surface area contributed by atoms with Gasteiger partial charge in [-0.25, -0.2) is 0 Å². The maximum atomic E-state index is 11.2. The van der Waals surface area contributed by atoms with Crippen LogP contribution in [-0.4, -0.2) is 22.2 Å². The van der Waals surface area contributed by atoms with Gasteiger partial charge in [-0.3, -0.25) is 9.59 Å². The number of hydrogen-bond donors (Lipinski definition) is 2. The predicted molar refractivity (Wildman–Crippen MR) is 126 cm³/mol. The van der Waals surface area contributed by atoms with Gasteiger partial charge in [0.1, 0.15) is 0 Å². The zero-order chi connectivity index (χ0) is 22.4. The van der Waals surface area contributed by atoms with E-state index in [-0.39, 0.29) is 0 Å². The number of rotatable bonds is 12. The first-order chi connectivity index (χ1) is 14.0. The van der Waals surface area contributed by atoms with Gasteiger partial charge in [-0.15, -0.1) is 22.7 Å². The number of hydrogen-bond acceptors (Lipinski definition) is 4. The number of aryl methyl sites for hydroxylation is 2. The Kier molecular flexibility index (Phi) is 8.44. The molecule has 164 valence electrons. The van der Waals surface area contributed by atoms with Gasteiger partial charge in [-0.05, 0) is 103 Å². The minimum absolute atomic E-state index is 0.666. The van der Waals surface area contributed by atoms with E-state index in [1.165, 1.54) is 19.5 Å². The highest BCUT2D eigenvalue weighted by Crippen LogP contribution is 2.28. The molecule has 2 N–H and O–H groups in total. The first-order valence-corrected chi connectivity index (χ1v) is 12.0. The molecule has 0 spiro atoms. The Balaban J connectivity index is 1.82. The van der Waals surface area contributed by atoms with Crippen molar-refractivity contribution in [2.24, 2.45) is 10.8 Å². The maximum absolute atomic E-state index is 11.2. The molecule has 0 radical (unpaired) electrons. The number of carboxylic acids is 2. The molecule has 2 aromatic rings. The highest BCUT2D eigenvalue weighted by molar-refractivity contribution is 7.13. The Bertz CT molecular complexity index is 814. The van der Waals surface area contributed by atoms with E-state index in [4.69, 9.17) is 0 Å². The summed E-state index contributed by atoms with van der Waals surface area (Å²) in [5, 5.41) is 18.4. The second kappa shape index (κ2) is 10.4. The molecule has 0 aliphatic rings. The van der Waals surface area contributed by atoms with E-state index in [9.17, 15) is 19.8 Å². The third-order valence-corrected chi connectivity index (χ3v) is 7.61. The molecule has 0 unspecified atom stereocenters. The van der Waals surface area contributed by atoms with Crippen LogP contribution in [0, 0.1) is 10.8 Å². The van der Waals surface area contributed by atoms with Crippen LogP contribution < -0.4 is 0 Å². The molecule has 2 rings (SSSR count). The van der Waals surface area contributed by atoms with E-state index >= 15 is 0 Å². The van der Waals surface area contributed by atoms with Crippen LogP contribution >= 0.6 is 22.7 Å². The van der Waals surface area contributed by atoms with Gasteiger partial charge in [0.2, 0.25) is 0 Å². The molecule has 6 heteroatoms. The molecule has 2 aromatic heterocycles. The predicted octanol–water partition coefficient (Wildman–Crippen LogP) is 6.85. The molecule has 0 atom stereocenters. The lowest BCUT2D eigenvalue weighted by Gasteiger charge is -2.18. The first-order valence-electron chi connectivity index (χ1n) is 10.3. The zero-order valence-corrected chi connectivity index (χ0v) is 19.9. The molecule has 0 bridgehead atoms. The minimum atomic E-state index is -0.738. The molecule has 0 saturated heterocycles. The number of aliphatic carboxylic acids is 2. The van der Waals surface area contributed by atoms with Crippen molar-refractivity contribution in [1.29, 1.82) is 0 Å². The molecular formula is C24H32O4S2. The molecule has 0 amide bonds. The maximum Gasteiger partial charge on any atom is 0.309 e. The Morgan fingerprint density at radius 2 is 1.13 bits per heavy atom. The molecule has 0 fully saturated rings. The van der Waals surface area contributed by atoms with Gasteiger partial charge in [-0.1, -0.05) is 0 Å². The topological polar surface area (TPSA) is 74.6 Å². The lowest BCUT2D eigenvalue weighted by molar-refractivity contribution is -0.148. The van der Waals surface area contributed by atoms with Crippen molar-refractivity contribution in [3.63, 3.8) is 0 Å². The third kappa shape index (κ3) is 7.40. The molecule has 0 aliphatic carbocycles. The second-order valence-corrected chi connectivity index (χ2v) is 11.4. The van der Waals surface area contributed by atoms with Crippen molar-refractivity contribution in [3.05, 3.63) is 43.8 Å². The van der Waals surface area contributed by atoms with Gasteiger partial charge in [0.25, 0.3) is 0 Å². The summed E-state index contributed by atoms with van der Waals surface area (Å²) in [7, 11) is 0. The lowest BCUT2D eigenvalue weighted by Crippen LogP contribution is -2.23. The van der Waals surface area contributed by atoms with Crippen LogP contribution in [-0.2, 0) is 22.4 Å². The fourth-order valence-corrected chi connectivity index (χ4v) is 4.94. The fourth-order valence-electron chi connectivity index (χ4n) is 3.02. The van der Waals surface area contributed by atoms with Crippen molar-refractivity contribution < 1.29 is 19.8 Å². The molecular weight excluding hydrogens is 416 g/mol. The van der Waals surface area contributed by atoms with Gasteiger partial charge in [0.05, 0.1) is 10.8 Å². The van der Waals surface area contributed by atoms with Gasteiger partial charge >= 0.3 is 11.9 Å². The van der Waals surface area contributed by atoms with E-state index < -0.39 is 22.8 Å². The largest absolute Gasteiger partial charge is 0.481 e. The normalized spacial score (nSPS) is 12.5. The Hall–Kier alpha value is -1.92. The monoisotopic (exact) mass is 448 g/mol. The van der Waals surface area contributed by atoms with Crippen LogP contribution in [0.1, 0.15) is 72.9 Å². The standard InChI is InChI=1S/C24H32O4S2/c1-23(2,21(25)26)15-5-7-17-9-11-19(29-17)13-14-20-12-10-18(30-20)8-6-16-24(3,4)22(27)28/h9-14H,5-8,15-16H2,1-4H3,(H,25,26)(H,27,28)/b14-13-. The van der Waals surface area contributed by atoms with Gasteiger partial charge in [0, 0.05) is 19.5 Å². The van der Waals surface area contributed by atoms with Crippen LogP contribution in [0.2, 0.25) is 0 Å². The lowest BCUT2D eigenvalue weighted by atomic mass is 9.87. The number of carboxylic acid groups (broad SMARTS) is 2. The van der Waals surface area contributed by atoms with Crippen LogP contribution in [0.5, 0.6) is 0 Å². The minimum Gasteiger partial charge on any atom is -0.481 e. The van der Waals surface area contributed by atoms with Crippen molar-refractivity contribution in [1.82, 2.24) is 0 Å². The summed E-state index contributed by atoms with van der Waals surface area (Å²) in [6.45, 7) is 7.11. The molecule has 0 aliphatic heterocycles.